The lowest BCUT2D eigenvalue weighted by atomic mass is 9.82. The summed E-state index contributed by atoms with van der Waals surface area (Å²) in [6, 6.07) is 52.5. The van der Waals surface area contributed by atoms with Crippen molar-refractivity contribution in [1.82, 2.24) is 0 Å². The van der Waals surface area contributed by atoms with Crippen molar-refractivity contribution in [2.45, 2.75) is 45.4 Å². The van der Waals surface area contributed by atoms with Gasteiger partial charge in [0, 0.05) is 27.4 Å². The van der Waals surface area contributed by atoms with Crippen LogP contribution in [0, 0.1) is 0 Å². The van der Waals surface area contributed by atoms with Gasteiger partial charge >= 0.3 is 0 Å². The summed E-state index contributed by atoms with van der Waals surface area (Å²) in [6.07, 6.45) is 0. The van der Waals surface area contributed by atoms with E-state index in [-0.39, 0.29) is 10.8 Å². The van der Waals surface area contributed by atoms with Crippen molar-refractivity contribution in [3.8, 4) is 22.3 Å². The summed E-state index contributed by atoms with van der Waals surface area (Å²) in [7, 11) is 0. The van der Waals surface area contributed by atoms with Crippen molar-refractivity contribution < 1.29 is 8.83 Å². The van der Waals surface area contributed by atoms with Crippen LogP contribution in [0.4, 0.5) is 17.1 Å². The van der Waals surface area contributed by atoms with Crippen LogP contribution in [0.25, 0.3) is 66.1 Å². The molecular formula is C49H39NO2. The average molecular weight is 674 g/mol. The zero-order chi connectivity index (χ0) is 35.4. The molecule has 2 heterocycles. The largest absolute Gasteiger partial charge is 0.456 e. The molecule has 252 valence electrons. The Balaban J connectivity index is 1.25. The Hall–Kier alpha value is -6.06. The van der Waals surface area contributed by atoms with Crippen LogP contribution in [-0.2, 0) is 10.8 Å². The average Bonchev–Trinajstić information content (AvgIpc) is 3.80. The molecule has 3 nitrogen and oxygen atoms in total. The van der Waals surface area contributed by atoms with Crippen LogP contribution >= 0.6 is 0 Å². The van der Waals surface area contributed by atoms with Crippen molar-refractivity contribution in [3.63, 3.8) is 0 Å². The lowest BCUT2D eigenvalue weighted by Crippen LogP contribution is -2.16. The molecule has 0 aliphatic heterocycles. The maximum absolute atomic E-state index is 6.85. The van der Waals surface area contributed by atoms with Crippen LogP contribution in [0.2, 0.25) is 0 Å². The fraction of sp³-hybridized carbons (Fsp3) is 0.143. The van der Waals surface area contributed by atoms with E-state index in [9.17, 15) is 0 Å². The van der Waals surface area contributed by atoms with Crippen LogP contribution in [0.15, 0.2) is 154 Å². The molecule has 0 spiro atoms. The first-order chi connectivity index (χ1) is 25.2. The molecule has 9 aromatic rings. The van der Waals surface area contributed by atoms with Crippen molar-refractivity contribution in [2.75, 3.05) is 4.90 Å². The molecule has 0 N–H and O–H groups in total. The Morgan fingerprint density at radius 3 is 1.87 bits per heavy atom. The third kappa shape index (κ3) is 4.45. The molecule has 0 amide bonds. The number of anilines is 3. The van der Waals surface area contributed by atoms with Crippen LogP contribution in [0.5, 0.6) is 0 Å². The monoisotopic (exact) mass is 673 g/mol. The number of hydrogen-bond acceptors (Lipinski definition) is 3. The molecule has 52 heavy (non-hydrogen) atoms. The van der Waals surface area contributed by atoms with Gasteiger partial charge in [0.2, 0.25) is 0 Å². The molecular weight excluding hydrogens is 635 g/mol. The minimum absolute atomic E-state index is 0.0843. The molecule has 2 aromatic heterocycles. The van der Waals surface area contributed by atoms with E-state index in [1.165, 1.54) is 27.8 Å². The molecule has 7 aromatic carbocycles. The predicted octanol–water partition coefficient (Wildman–Crippen LogP) is 14.2. The molecule has 0 radical (unpaired) electrons. The van der Waals surface area contributed by atoms with Gasteiger partial charge in [0.05, 0.1) is 22.1 Å². The Labute approximate surface area is 303 Å². The summed E-state index contributed by atoms with van der Waals surface area (Å²) in [5.74, 6) is 0. The normalized spacial score (nSPS) is 13.6. The van der Waals surface area contributed by atoms with E-state index in [1.54, 1.807) is 0 Å². The van der Waals surface area contributed by atoms with Gasteiger partial charge in [0.1, 0.15) is 22.3 Å². The highest BCUT2D eigenvalue weighted by Crippen LogP contribution is 2.53. The number of furan rings is 2. The molecule has 0 unspecified atom stereocenters. The van der Waals surface area contributed by atoms with Gasteiger partial charge in [-0.3, -0.25) is 0 Å². The lowest BCUT2D eigenvalue weighted by molar-refractivity contribution is 0.590. The quantitative estimate of drug-likeness (QED) is 0.186. The molecule has 3 heteroatoms. The number of fused-ring (bicyclic) bond motifs is 9. The Kier molecular flexibility index (Phi) is 6.48. The highest BCUT2D eigenvalue weighted by Gasteiger charge is 2.36. The number of rotatable bonds is 4. The highest BCUT2D eigenvalue weighted by molar-refractivity contribution is 6.19. The summed E-state index contributed by atoms with van der Waals surface area (Å²) in [5.41, 5.74) is 15.5. The standard InChI is InChI=1S/C49H39NO2/c1-48(2,3)31-25-23-30(24-26-31)33-15-10-16-37-46-41(19-12-22-44(46)52-47(33)37)50(40-18-11-21-43-45(40)36-14-7-9-20-42(36)51-43)32-27-28-35-34-13-6-8-17-38(34)49(4,5)39(35)29-32/h6-29H,1-5H3. The van der Waals surface area contributed by atoms with Crippen molar-refractivity contribution in [1.29, 1.82) is 0 Å². The van der Waals surface area contributed by atoms with Crippen LogP contribution < -0.4 is 4.90 Å². The van der Waals surface area contributed by atoms with Gasteiger partial charge in [-0.25, -0.2) is 0 Å². The summed E-state index contributed by atoms with van der Waals surface area (Å²) in [4.78, 5) is 2.42. The van der Waals surface area contributed by atoms with Gasteiger partial charge in [-0.05, 0) is 81.3 Å². The van der Waals surface area contributed by atoms with Crippen LogP contribution in [0.3, 0.4) is 0 Å². The third-order valence-corrected chi connectivity index (χ3v) is 11.3. The van der Waals surface area contributed by atoms with E-state index in [1.807, 2.05) is 6.07 Å². The summed E-state index contributed by atoms with van der Waals surface area (Å²) < 4.78 is 13.3. The van der Waals surface area contributed by atoms with E-state index in [4.69, 9.17) is 8.83 Å². The van der Waals surface area contributed by atoms with Gasteiger partial charge in [0.25, 0.3) is 0 Å². The SMILES string of the molecule is CC(C)(C)c1ccc(-c2cccc3c2oc2cccc(N(c4ccc5c(c4)C(C)(C)c4ccccc4-5)c4cccc5oc6ccccc6c45)c23)cc1. The van der Waals surface area contributed by atoms with E-state index in [2.05, 4.69) is 179 Å². The van der Waals surface area contributed by atoms with E-state index >= 15 is 0 Å². The predicted molar refractivity (Wildman–Crippen MR) is 217 cm³/mol. The fourth-order valence-corrected chi connectivity index (χ4v) is 8.57. The molecule has 1 aliphatic carbocycles. The lowest BCUT2D eigenvalue weighted by Gasteiger charge is -2.29. The smallest absolute Gasteiger partial charge is 0.143 e. The van der Waals surface area contributed by atoms with Crippen molar-refractivity contribution >= 4 is 60.9 Å². The van der Waals surface area contributed by atoms with Crippen LogP contribution in [-0.4, -0.2) is 0 Å². The molecule has 0 atom stereocenters. The Bertz CT molecular complexity index is 2860. The number of para-hydroxylation sites is 2. The van der Waals surface area contributed by atoms with Crippen molar-refractivity contribution in [3.05, 3.63) is 162 Å². The number of nitrogens with zero attached hydrogens (tertiary/aromatic N) is 1. The Morgan fingerprint density at radius 1 is 0.500 bits per heavy atom. The molecule has 0 fully saturated rings. The summed E-state index contributed by atoms with van der Waals surface area (Å²) in [5, 5.41) is 4.35. The topological polar surface area (TPSA) is 29.5 Å². The van der Waals surface area contributed by atoms with Crippen LogP contribution in [0.1, 0.15) is 51.3 Å². The minimum Gasteiger partial charge on any atom is -0.456 e. The second-order valence-corrected chi connectivity index (χ2v) is 15.7. The molecule has 0 saturated carbocycles. The van der Waals surface area contributed by atoms with E-state index in [0.717, 1.165) is 72.1 Å². The summed E-state index contributed by atoms with van der Waals surface area (Å²) >= 11 is 0. The minimum atomic E-state index is -0.145. The second kappa shape index (κ2) is 11.0. The van der Waals surface area contributed by atoms with E-state index in [0.29, 0.717) is 0 Å². The highest BCUT2D eigenvalue weighted by atomic mass is 16.3. The van der Waals surface area contributed by atoms with Gasteiger partial charge in [-0.1, -0.05) is 138 Å². The van der Waals surface area contributed by atoms with Gasteiger partial charge in [-0.2, -0.15) is 0 Å². The first-order valence-corrected chi connectivity index (χ1v) is 18.2. The summed E-state index contributed by atoms with van der Waals surface area (Å²) in [6.45, 7) is 11.4. The van der Waals surface area contributed by atoms with Gasteiger partial charge in [-0.15, -0.1) is 0 Å². The molecule has 0 bridgehead atoms. The molecule has 1 aliphatic rings. The first kappa shape index (κ1) is 30.7. The molecule has 10 rings (SSSR count). The number of hydrogen-bond donors (Lipinski definition) is 0. The maximum atomic E-state index is 6.85. The zero-order valence-electron chi connectivity index (χ0n) is 30.1. The third-order valence-electron chi connectivity index (χ3n) is 11.3. The van der Waals surface area contributed by atoms with Gasteiger partial charge < -0.3 is 13.7 Å². The zero-order valence-corrected chi connectivity index (χ0v) is 30.1. The maximum Gasteiger partial charge on any atom is 0.143 e. The fourth-order valence-electron chi connectivity index (χ4n) is 8.57. The van der Waals surface area contributed by atoms with E-state index < -0.39 is 0 Å². The number of benzene rings is 7. The van der Waals surface area contributed by atoms with Crippen molar-refractivity contribution in [2.24, 2.45) is 0 Å². The van der Waals surface area contributed by atoms with Gasteiger partial charge in [0.15, 0.2) is 0 Å². The second-order valence-electron chi connectivity index (χ2n) is 15.7. The first-order valence-electron chi connectivity index (χ1n) is 18.2. The molecule has 0 saturated heterocycles. The Morgan fingerprint density at radius 2 is 1.10 bits per heavy atom.